The van der Waals surface area contributed by atoms with E-state index in [4.69, 9.17) is 5.11 Å². The quantitative estimate of drug-likeness (QED) is 0.432. The van der Waals surface area contributed by atoms with Gasteiger partial charge in [-0.2, -0.15) is 5.10 Å². The topological polar surface area (TPSA) is 88.0 Å². The minimum Gasteiger partial charge on any atom is -0.477 e. The molecular formula is C5H8N2O4. The molecule has 0 heterocycles. The summed E-state index contributed by atoms with van der Waals surface area (Å²) in [6, 6.07) is 0. The van der Waals surface area contributed by atoms with Crippen molar-refractivity contribution in [2.75, 3.05) is 7.11 Å². The summed E-state index contributed by atoms with van der Waals surface area (Å²) < 4.78 is 4.13. The highest BCUT2D eigenvalue weighted by Crippen LogP contribution is 1.76. The van der Waals surface area contributed by atoms with Crippen molar-refractivity contribution in [2.24, 2.45) is 5.10 Å². The Morgan fingerprint density at radius 2 is 2.09 bits per heavy atom. The maximum absolute atomic E-state index is 10.3. The van der Waals surface area contributed by atoms with Gasteiger partial charge >= 0.3 is 12.1 Å². The molecule has 0 fully saturated rings. The van der Waals surface area contributed by atoms with Crippen molar-refractivity contribution in [3.05, 3.63) is 0 Å². The van der Waals surface area contributed by atoms with Crippen molar-refractivity contribution >= 4 is 17.8 Å². The number of hydrazone groups is 1. The lowest BCUT2D eigenvalue weighted by Gasteiger charge is -1.95. The number of methoxy groups -OCH3 is 1. The lowest BCUT2D eigenvalue weighted by atomic mass is 10.4. The van der Waals surface area contributed by atoms with E-state index in [0.29, 0.717) is 0 Å². The summed E-state index contributed by atoms with van der Waals surface area (Å²) in [5, 5.41) is 11.4. The third-order valence-corrected chi connectivity index (χ3v) is 0.810. The number of ether oxygens (including phenoxy) is 1. The van der Waals surface area contributed by atoms with Crippen molar-refractivity contribution in [1.82, 2.24) is 5.43 Å². The molecule has 0 aliphatic carbocycles. The molecule has 6 nitrogen and oxygen atoms in total. The molecule has 6 heteroatoms. The van der Waals surface area contributed by atoms with E-state index in [-0.39, 0.29) is 5.71 Å². The zero-order valence-electron chi connectivity index (χ0n) is 6.12. The van der Waals surface area contributed by atoms with Crippen LogP contribution in [0.1, 0.15) is 6.92 Å². The number of rotatable bonds is 2. The molecule has 0 saturated heterocycles. The second kappa shape index (κ2) is 4.26. The van der Waals surface area contributed by atoms with Gasteiger partial charge in [-0.15, -0.1) is 0 Å². The van der Waals surface area contributed by atoms with Gasteiger partial charge < -0.3 is 9.84 Å². The number of aliphatic carboxylic acids is 1. The fraction of sp³-hybridized carbons (Fsp3) is 0.400. The molecule has 0 aliphatic rings. The van der Waals surface area contributed by atoms with Gasteiger partial charge in [-0.05, 0) is 6.92 Å². The third kappa shape index (κ3) is 3.90. The number of carboxylic acid groups (broad SMARTS) is 1. The summed E-state index contributed by atoms with van der Waals surface area (Å²) in [7, 11) is 1.15. The Morgan fingerprint density at radius 1 is 1.55 bits per heavy atom. The summed E-state index contributed by atoms with van der Waals surface area (Å²) >= 11 is 0. The molecule has 1 amide bonds. The van der Waals surface area contributed by atoms with Crippen LogP contribution >= 0.6 is 0 Å². The van der Waals surface area contributed by atoms with E-state index >= 15 is 0 Å². The molecule has 0 aromatic heterocycles. The minimum absolute atomic E-state index is 0.213. The Balaban J connectivity index is 3.92. The molecule has 2 N–H and O–H groups in total. The number of hydrogen-bond acceptors (Lipinski definition) is 4. The van der Waals surface area contributed by atoms with E-state index < -0.39 is 12.1 Å². The predicted molar refractivity (Wildman–Crippen MR) is 36.3 cm³/mol. The number of nitrogens with zero attached hydrogens (tertiary/aromatic N) is 1. The van der Waals surface area contributed by atoms with Gasteiger partial charge in [0.15, 0.2) is 0 Å². The summed E-state index contributed by atoms with van der Waals surface area (Å²) in [4.78, 5) is 20.4. The normalized spacial score (nSPS) is 10.5. The molecule has 0 atom stereocenters. The van der Waals surface area contributed by atoms with Crippen LogP contribution in [0.15, 0.2) is 5.10 Å². The zero-order chi connectivity index (χ0) is 8.85. The molecule has 0 aromatic rings. The molecule has 0 rings (SSSR count). The van der Waals surface area contributed by atoms with Crippen LogP contribution in [0.3, 0.4) is 0 Å². The van der Waals surface area contributed by atoms with Gasteiger partial charge in [-0.3, -0.25) is 0 Å². The van der Waals surface area contributed by atoms with Crippen molar-refractivity contribution in [3.63, 3.8) is 0 Å². The van der Waals surface area contributed by atoms with Crippen LogP contribution in [-0.2, 0) is 9.53 Å². The van der Waals surface area contributed by atoms with Crippen molar-refractivity contribution in [3.8, 4) is 0 Å². The Bertz CT molecular complexity index is 199. The molecule has 0 saturated carbocycles. The minimum atomic E-state index is -1.19. The second-order valence-corrected chi connectivity index (χ2v) is 1.61. The standard InChI is InChI=1S/C5H8N2O4/c1-3(4(8)9)6-7-5(10)11-2/h1-2H3,(H,7,10)(H,8,9). The molecule has 0 aromatic carbocycles. The predicted octanol–water partition coefficient (Wildman–Crippen LogP) is -0.197. The molecule has 0 aliphatic heterocycles. The highest BCUT2D eigenvalue weighted by Gasteiger charge is 2.02. The molecule has 0 unspecified atom stereocenters. The number of nitrogens with one attached hydrogen (secondary N) is 1. The Hall–Kier alpha value is -1.59. The van der Waals surface area contributed by atoms with E-state index in [1.54, 1.807) is 0 Å². The molecule has 0 radical (unpaired) electrons. The number of carbonyl (C=O) groups excluding carboxylic acids is 1. The van der Waals surface area contributed by atoms with Gasteiger partial charge in [0.2, 0.25) is 0 Å². The maximum Gasteiger partial charge on any atom is 0.427 e. The monoisotopic (exact) mass is 160 g/mol. The van der Waals surface area contributed by atoms with E-state index in [0.717, 1.165) is 7.11 Å². The van der Waals surface area contributed by atoms with Gasteiger partial charge in [0.1, 0.15) is 5.71 Å². The molecular weight excluding hydrogens is 152 g/mol. The lowest BCUT2D eigenvalue weighted by Crippen LogP contribution is -2.21. The van der Waals surface area contributed by atoms with Crippen LogP contribution in [0, 0.1) is 0 Å². The molecule has 11 heavy (non-hydrogen) atoms. The first-order valence-corrected chi connectivity index (χ1v) is 2.69. The van der Waals surface area contributed by atoms with Gasteiger partial charge in [-0.25, -0.2) is 15.0 Å². The Morgan fingerprint density at radius 3 is 2.45 bits per heavy atom. The lowest BCUT2D eigenvalue weighted by molar-refractivity contribution is -0.129. The number of hydrogen-bond donors (Lipinski definition) is 2. The van der Waals surface area contributed by atoms with Crippen molar-refractivity contribution < 1.29 is 19.4 Å². The summed E-state index contributed by atoms with van der Waals surface area (Å²) in [6.45, 7) is 1.25. The first-order valence-electron chi connectivity index (χ1n) is 2.69. The summed E-state index contributed by atoms with van der Waals surface area (Å²) in [5.74, 6) is -1.19. The molecule has 0 spiro atoms. The van der Waals surface area contributed by atoms with Crippen molar-refractivity contribution in [1.29, 1.82) is 0 Å². The number of amides is 1. The summed E-state index contributed by atoms with van der Waals surface area (Å²) in [6.07, 6.45) is -0.800. The highest BCUT2D eigenvalue weighted by atomic mass is 16.5. The third-order valence-electron chi connectivity index (χ3n) is 0.810. The van der Waals surface area contributed by atoms with Crippen LogP contribution in [0.4, 0.5) is 4.79 Å². The average Bonchev–Trinajstić information content (AvgIpc) is 1.99. The second-order valence-electron chi connectivity index (χ2n) is 1.61. The maximum atomic E-state index is 10.3. The van der Waals surface area contributed by atoms with Crippen LogP contribution in [0.25, 0.3) is 0 Å². The first kappa shape index (κ1) is 9.41. The highest BCUT2D eigenvalue weighted by molar-refractivity contribution is 6.34. The van der Waals surface area contributed by atoms with Crippen LogP contribution in [0.5, 0.6) is 0 Å². The van der Waals surface area contributed by atoms with Gasteiger partial charge in [0, 0.05) is 0 Å². The van der Waals surface area contributed by atoms with Gasteiger partial charge in [-0.1, -0.05) is 0 Å². The first-order chi connectivity index (χ1) is 5.07. The smallest absolute Gasteiger partial charge is 0.427 e. The van der Waals surface area contributed by atoms with Crippen LogP contribution in [0.2, 0.25) is 0 Å². The average molecular weight is 160 g/mol. The van der Waals surface area contributed by atoms with Crippen LogP contribution < -0.4 is 5.43 Å². The zero-order valence-corrected chi connectivity index (χ0v) is 6.12. The van der Waals surface area contributed by atoms with E-state index in [2.05, 4.69) is 9.84 Å². The number of carboxylic acids is 1. The number of carbonyl (C=O) groups is 2. The fourth-order valence-corrected chi connectivity index (χ4v) is 0.223. The van der Waals surface area contributed by atoms with E-state index in [1.165, 1.54) is 6.92 Å². The molecule has 62 valence electrons. The van der Waals surface area contributed by atoms with Crippen molar-refractivity contribution in [2.45, 2.75) is 6.92 Å². The van der Waals surface area contributed by atoms with Crippen LogP contribution in [-0.4, -0.2) is 30.0 Å². The largest absolute Gasteiger partial charge is 0.477 e. The van der Waals surface area contributed by atoms with Gasteiger partial charge in [0.25, 0.3) is 0 Å². The molecule has 0 bridgehead atoms. The van der Waals surface area contributed by atoms with E-state index in [9.17, 15) is 9.59 Å². The summed E-state index contributed by atoms with van der Waals surface area (Å²) in [5.41, 5.74) is 1.65. The fourth-order valence-electron chi connectivity index (χ4n) is 0.223. The SMILES string of the molecule is COC(=O)NN=C(C)C(=O)O. The Kier molecular flexibility index (Phi) is 3.65. The van der Waals surface area contributed by atoms with E-state index in [1.807, 2.05) is 5.43 Å². The Labute approximate surface area is 62.8 Å². The van der Waals surface area contributed by atoms with Gasteiger partial charge in [0.05, 0.1) is 7.11 Å².